The maximum atomic E-state index is 2.41. The van der Waals surface area contributed by atoms with Crippen molar-refractivity contribution in [1.29, 1.82) is 0 Å². The first-order chi connectivity index (χ1) is 27.5. The molecule has 9 aromatic carbocycles. The van der Waals surface area contributed by atoms with Gasteiger partial charge in [0.2, 0.25) is 0 Å². The van der Waals surface area contributed by atoms with Gasteiger partial charge in [0.25, 0.3) is 0 Å². The summed E-state index contributed by atoms with van der Waals surface area (Å²) in [4.78, 5) is 2.41. The van der Waals surface area contributed by atoms with Gasteiger partial charge in [-0.1, -0.05) is 196 Å². The second kappa shape index (κ2) is 13.7. The van der Waals surface area contributed by atoms with Crippen LogP contribution in [0.25, 0.3) is 66.4 Å². The van der Waals surface area contributed by atoms with Gasteiger partial charge >= 0.3 is 0 Å². The van der Waals surface area contributed by atoms with Crippen LogP contribution >= 0.6 is 0 Å². The predicted molar refractivity (Wildman–Crippen MR) is 238 cm³/mol. The second-order valence-corrected chi connectivity index (χ2v) is 15.3. The zero-order valence-corrected chi connectivity index (χ0v) is 31.7. The molecule has 56 heavy (non-hydrogen) atoms. The van der Waals surface area contributed by atoms with Gasteiger partial charge in [-0.3, -0.25) is 0 Å². The van der Waals surface area contributed by atoms with E-state index in [1.807, 2.05) is 0 Å². The lowest BCUT2D eigenvalue weighted by atomic mass is 9.82. The van der Waals surface area contributed by atoms with Crippen LogP contribution in [-0.2, 0) is 5.41 Å². The highest BCUT2D eigenvalue weighted by atomic mass is 15.1. The number of nitrogens with zero attached hydrogens (tertiary/aromatic N) is 1. The third-order valence-corrected chi connectivity index (χ3v) is 11.7. The summed E-state index contributed by atoms with van der Waals surface area (Å²) in [5.41, 5.74) is 18.5. The van der Waals surface area contributed by atoms with E-state index in [1.165, 1.54) is 77.5 Å². The molecule has 0 atom stereocenters. The fourth-order valence-corrected chi connectivity index (χ4v) is 8.87. The summed E-state index contributed by atoms with van der Waals surface area (Å²) in [7, 11) is 0. The van der Waals surface area contributed by atoms with Crippen LogP contribution in [0.3, 0.4) is 0 Å². The Balaban J connectivity index is 1.09. The lowest BCUT2D eigenvalue weighted by Gasteiger charge is -2.28. The summed E-state index contributed by atoms with van der Waals surface area (Å²) >= 11 is 0. The molecule has 1 heteroatoms. The number of hydrogen-bond donors (Lipinski definition) is 0. The minimum Gasteiger partial charge on any atom is -0.310 e. The van der Waals surface area contributed by atoms with Gasteiger partial charge in [-0.15, -0.1) is 0 Å². The first-order valence-electron chi connectivity index (χ1n) is 19.5. The van der Waals surface area contributed by atoms with E-state index < -0.39 is 0 Å². The molecule has 0 aliphatic heterocycles. The van der Waals surface area contributed by atoms with Crippen LogP contribution in [0.15, 0.2) is 212 Å². The van der Waals surface area contributed by atoms with Gasteiger partial charge in [-0.2, -0.15) is 0 Å². The van der Waals surface area contributed by atoms with Gasteiger partial charge in [-0.05, 0) is 102 Å². The highest BCUT2D eigenvalue weighted by molar-refractivity contribution is 5.98. The summed E-state index contributed by atoms with van der Waals surface area (Å²) in [5, 5.41) is 2.51. The molecule has 0 bridgehead atoms. The number of rotatable bonds is 7. The van der Waals surface area contributed by atoms with Crippen molar-refractivity contribution >= 4 is 27.8 Å². The van der Waals surface area contributed by atoms with Crippen LogP contribution in [0.5, 0.6) is 0 Å². The molecular weight excluding hydrogens is 675 g/mol. The first kappa shape index (κ1) is 33.6. The van der Waals surface area contributed by atoms with Gasteiger partial charge in [0.1, 0.15) is 0 Å². The van der Waals surface area contributed by atoms with E-state index in [1.54, 1.807) is 0 Å². The van der Waals surface area contributed by atoms with Gasteiger partial charge < -0.3 is 4.90 Å². The maximum absolute atomic E-state index is 2.41. The molecule has 0 radical (unpaired) electrons. The summed E-state index contributed by atoms with van der Waals surface area (Å²) in [6.07, 6.45) is 0. The van der Waals surface area contributed by atoms with Crippen molar-refractivity contribution in [2.45, 2.75) is 19.3 Å². The molecule has 0 aromatic heterocycles. The lowest BCUT2D eigenvalue weighted by Crippen LogP contribution is -2.14. The van der Waals surface area contributed by atoms with Crippen molar-refractivity contribution in [1.82, 2.24) is 0 Å². The molecule has 1 nitrogen and oxygen atoms in total. The number of para-hydroxylation sites is 1. The number of hydrogen-bond acceptors (Lipinski definition) is 1. The van der Waals surface area contributed by atoms with Gasteiger partial charge in [0.15, 0.2) is 0 Å². The summed E-state index contributed by atoms with van der Waals surface area (Å²) in [6.45, 7) is 4.70. The Morgan fingerprint density at radius 3 is 1.54 bits per heavy atom. The molecule has 0 unspecified atom stereocenters. The van der Waals surface area contributed by atoms with Crippen LogP contribution in [-0.4, -0.2) is 0 Å². The van der Waals surface area contributed by atoms with Crippen LogP contribution in [0.4, 0.5) is 17.1 Å². The Morgan fingerprint density at radius 1 is 0.321 bits per heavy atom. The average Bonchev–Trinajstić information content (AvgIpc) is 3.50. The standard InChI is InChI=1S/C55H41N/c1-55(2)51-23-10-8-20-50(51)54-49(22-13-24-52(54)55)43-32-36-45(37-33-43)56(44-34-30-41(31-35-44)47-21-12-17-40-16-6-7-18-46(40)47)53-25-11-9-19-48(53)42-28-26-39(27-29-42)38-14-4-3-5-15-38/h3-37H,1-2H3. The number of benzene rings is 9. The van der Waals surface area contributed by atoms with Gasteiger partial charge in [-0.25, -0.2) is 0 Å². The molecule has 0 heterocycles. The number of anilines is 3. The number of fused-ring (bicyclic) bond motifs is 4. The quantitative estimate of drug-likeness (QED) is 0.159. The van der Waals surface area contributed by atoms with E-state index >= 15 is 0 Å². The summed E-state index contributed by atoms with van der Waals surface area (Å²) in [5.74, 6) is 0. The largest absolute Gasteiger partial charge is 0.310 e. The zero-order chi connectivity index (χ0) is 37.6. The smallest absolute Gasteiger partial charge is 0.0540 e. The predicted octanol–water partition coefficient (Wildman–Crippen LogP) is 15.3. The minimum absolute atomic E-state index is 0.0418. The molecule has 0 saturated carbocycles. The van der Waals surface area contributed by atoms with Gasteiger partial charge in [0.05, 0.1) is 5.69 Å². The Kier molecular flexibility index (Phi) is 8.23. The molecule has 0 N–H and O–H groups in total. The zero-order valence-electron chi connectivity index (χ0n) is 31.7. The normalized spacial score (nSPS) is 12.6. The molecule has 266 valence electrons. The van der Waals surface area contributed by atoms with Crippen molar-refractivity contribution < 1.29 is 0 Å². The third kappa shape index (κ3) is 5.72. The topological polar surface area (TPSA) is 3.24 Å². The Morgan fingerprint density at radius 2 is 0.786 bits per heavy atom. The van der Waals surface area contributed by atoms with E-state index in [4.69, 9.17) is 0 Å². The first-order valence-corrected chi connectivity index (χ1v) is 19.5. The molecule has 0 fully saturated rings. The van der Waals surface area contributed by atoms with Crippen molar-refractivity contribution in [2.75, 3.05) is 4.90 Å². The second-order valence-electron chi connectivity index (χ2n) is 15.3. The molecule has 1 aliphatic rings. The van der Waals surface area contributed by atoms with Crippen LogP contribution in [0.2, 0.25) is 0 Å². The van der Waals surface area contributed by atoms with Crippen molar-refractivity contribution in [2.24, 2.45) is 0 Å². The molecule has 0 amide bonds. The third-order valence-electron chi connectivity index (χ3n) is 11.7. The Labute approximate surface area is 329 Å². The van der Waals surface area contributed by atoms with E-state index in [0.29, 0.717) is 0 Å². The highest BCUT2D eigenvalue weighted by Gasteiger charge is 2.36. The summed E-state index contributed by atoms with van der Waals surface area (Å²) < 4.78 is 0. The molecule has 10 rings (SSSR count). The lowest BCUT2D eigenvalue weighted by molar-refractivity contribution is 0.660. The molecule has 1 aliphatic carbocycles. The van der Waals surface area contributed by atoms with Crippen molar-refractivity contribution in [3.8, 4) is 55.6 Å². The van der Waals surface area contributed by atoms with E-state index in [0.717, 1.165) is 17.1 Å². The van der Waals surface area contributed by atoms with Gasteiger partial charge in [0, 0.05) is 22.4 Å². The van der Waals surface area contributed by atoms with Crippen molar-refractivity contribution in [3.63, 3.8) is 0 Å². The van der Waals surface area contributed by atoms with Crippen LogP contribution in [0, 0.1) is 0 Å². The molecule has 0 spiro atoms. The van der Waals surface area contributed by atoms with Crippen molar-refractivity contribution in [3.05, 3.63) is 223 Å². The Bertz CT molecular complexity index is 2840. The Hall–Kier alpha value is -6.96. The van der Waals surface area contributed by atoms with E-state index in [2.05, 4.69) is 231 Å². The van der Waals surface area contributed by atoms with Crippen LogP contribution in [0.1, 0.15) is 25.0 Å². The fraction of sp³-hybridized carbons (Fsp3) is 0.0545. The van der Waals surface area contributed by atoms with E-state index in [-0.39, 0.29) is 5.41 Å². The van der Waals surface area contributed by atoms with E-state index in [9.17, 15) is 0 Å². The molecule has 9 aromatic rings. The fourth-order valence-electron chi connectivity index (χ4n) is 8.87. The highest BCUT2D eigenvalue weighted by Crippen LogP contribution is 2.52. The minimum atomic E-state index is -0.0418. The average molecular weight is 716 g/mol. The molecule has 0 saturated heterocycles. The SMILES string of the molecule is CC1(C)c2ccccc2-c2c(-c3ccc(N(c4ccc(-c5cccc6ccccc56)cc4)c4ccccc4-c4ccc(-c5ccccc5)cc4)cc3)cccc21. The summed E-state index contributed by atoms with van der Waals surface area (Å²) in [6, 6.07) is 77.5. The molecular formula is C55H41N. The monoisotopic (exact) mass is 715 g/mol. The van der Waals surface area contributed by atoms with Crippen LogP contribution < -0.4 is 4.90 Å². The maximum Gasteiger partial charge on any atom is 0.0540 e.